The Balaban J connectivity index is 2.01. The zero-order valence-corrected chi connectivity index (χ0v) is 15.9. The van der Waals surface area contributed by atoms with E-state index in [-0.39, 0.29) is 17.7 Å². The van der Waals surface area contributed by atoms with E-state index >= 15 is 0 Å². The maximum atomic E-state index is 14.4. The third-order valence-corrected chi connectivity index (χ3v) is 4.83. The van der Waals surface area contributed by atoms with E-state index < -0.39 is 23.1 Å². The first-order chi connectivity index (χ1) is 13.5. The normalized spacial score (nSPS) is 11.1. The minimum absolute atomic E-state index is 0.176. The van der Waals surface area contributed by atoms with Crippen molar-refractivity contribution in [2.45, 2.75) is 6.54 Å². The van der Waals surface area contributed by atoms with Crippen molar-refractivity contribution in [3.05, 3.63) is 93.1 Å². The number of rotatable bonds is 3. The maximum absolute atomic E-state index is 14.4. The summed E-state index contributed by atoms with van der Waals surface area (Å²) in [6.07, 6.45) is 3.15. The molecule has 0 amide bonds. The van der Waals surface area contributed by atoms with Crippen molar-refractivity contribution in [3.8, 4) is 17.0 Å². The Morgan fingerprint density at radius 3 is 2.68 bits per heavy atom. The molecule has 28 heavy (non-hydrogen) atoms. The summed E-state index contributed by atoms with van der Waals surface area (Å²) in [4.78, 5) is 17.1. The van der Waals surface area contributed by atoms with Crippen LogP contribution >= 0.6 is 15.9 Å². The SMILES string of the molecule is O=c1c(-c2ccc(F)cc2F)c(O)n(Cc2ccc(Br)nc2)c2cccc[n+]12. The largest absolute Gasteiger partial charge is 0.477 e. The predicted octanol–water partition coefficient (Wildman–Crippen LogP) is 3.44. The van der Waals surface area contributed by atoms with Crippen LogP contribution in [0.15, 0.2) is 70.3 Å². The van der Waals surface area contributed by atoms with E-state index in [9.17, 15) is 18.7 Å². The van der Waals surface area contributed by atoms with Gasteiger partial charge in [0.2, 0.25) is 0 Å². The summed E-state index contributed by atoms with van der Waals surface area (Å²) in [5.74, 6) is -2.11. The molecule has 3 aromatic heterocycles. The molecule has 140 valence electrons. The third-order valence-electron chi connectivity index (χ3n) is 4.36. The number of pyridine rings is 2. The molecular formula is C20H13BrF2N3O2+. The lowest BCUT2D eigenvalue weighted by Crippen LogP contribution is -2.43. The molecule has 0 saturated carbocycles. The fraction of sp³-hybridized carbons (Fsp3) is 0.0500. The van der Waals surface area contributed by atoms with Crippen molar-refractivity contribution in [2.75, 3.05) is 0 Å². The van der Waals surface area contributed by atoms with Crippen LogP contribution in [0, 0.1) is 11.6 Å². The molecule has 4 rings (SSSR count). The van der Waals surface area contributed by atoms with Gasteiger partial charge in [-0.2, -0.15) is 8.97 Å². The summed E-state index contributed by atoms with van der Waals surface area (Å²) in [6.45, 7) is 0.190. The van der Waals surface area contributed by atoms with Crippen molar-refractivity contribution in [2.24, 2.45) is 0 Å². The summed E-state index contributed by atoms with van der Waals surface area (Å²) >= 11 is 3.27. The van der Waals surface area contributed by atoms with Gasteiger partial charge in [-0.3, -0.25) is 0 Å². The predicted molar refractivity (Wildman–Crippen MR) is 102 cm³/mol. The molecule has 0 atom stereocenters. The smallest absolute Gasteiger partial charge is 0.354 e. The zero-order chi connectivity index (χ0) is 19.8. The molecule has 0 unspecified atom stereocenters. The standard InChI is InChI=1S/C20H12BrF2N3O2/c21-16-7-4-12(10-24-16)11-26-17-3-1-2-8-25(17)19(27)18(20(26)28)14-6-5-13(22)9-15(14)23/h1-10H,11H2/p+1. The van der Waals surface area contributed by atoms with Crippen molar-refractivity contribution < 1.29 is 18.3 Å². The van der Waals surface area contributed by atoms with Crippen molar-refractivity contribution in [1.82, 2.24) is 9.55 Å². The number of aromatic nitrogens is 3. The highest BCUT2D eigenvalue weighted by Crippen LogP contribution is 2.29. The maximum Gasteiger partial charge on any atom is 0.354 e. The average molecular weight is 445 g/mol. The fourth-order valence-electron chi connectivity index (χ4n) is 3.05. The Bertz CT molecular complexity index is 1260. The molecule has 0 spiro atoms. The first kappa shape index (κ1) is 18.2. The molecule has 0 fully saturated rings. The van der Waals surface area contributed by atoms with Gasteiger partial charge in [0, 0.05) is 29.5 Å². The topological polar surface area (TPSA) is 59.2 Å². The van der Waals surface area contributed by atoms with Crippen LogP contribution in [0.1, 0.15) is 5.56 Å². The number of fused-ring (bicyclic) bond motifs is 1. The molecule has 4 aromatic rings. The second-order valence-corrected chi connectivity index (χ2v) is 6.94. The van der Waals surface area contributed by atoms with E-state index in [1.54, 1.807) is 30.5 Å². The summed E-state index contributed by atoms with van der Waals surface area (Å²) in [5.41, 5.74) is 0.150. The van der Waals surface area contributed by atoms with Gasteiger partial charge in [0.05, 0.1) is 6.20 Å². The fourth-order valence-corrected chi connectivity index (χ4v) is 3.29. The molecular weight excluding hydrogens is 432 g/mol. The second kappa shape index (κ2) is 7.12. The number of nitrogens with zero attached hydrogens (tertiary/aromatic N) is 3. The number of hydrogen-bond acceptors (Lipinski definition) is 3. The van der Waals surface area contributed by atoms with Gasteiger partial charge >= 0.3 is 5.56 Å². The van der Waals surface area contributed by atoms with Crippen LogP contribution in [-0.4, -0.2) is 14.7 Å². The highest BCUT2D eigenvalue weighted by Gasteiger charge is 2.27. The van der Waals surface area contributed by atoms with Crippen LogP contribution in [0.25, 0.3) is 16.8 Å². The quantitative estimate of drug-likeness (QED) is 0.388. The molecule has 1 aromatic carbocycles. The summed E-state index contributed by atoms with van der Waals surface area (Å²) < 4.78 is 31.1. The van der Waals surface area contributed by atoms with Crippen LogP contribution in [0.5, 0.6) is 5.88 Å². The van der Waals surface area contributed by atoms with Crippen molar-refractivity contribution in [3.63, 3.8) is 0 Å². The minimum Gasteiger partial charge on any atom is -0.477 e. The number of hydrogen-bond donors (Lipinski definition) is 1. The molecule has 0 aliphatic rings. The molecule has 1 N–H and O–H groups in total. The highest BCUT2D eigenvalue weighted by molar-refractivity contribution is 9.10. The zero-order valence-electron chi connectivity index (χ0n) is 14.3. The monoisotopic (exact) mass is 444 g/mol. The molecule has 0 aliphatic carbocycles. The van der Waals surface area contributed by atoms with Crippen molar-refractivity contribution >= 4 is 21.6 Å². The number of aromatic hydroxyl groups is 1. The molecule has 8 heteroatoms. The average Bonchev–Trinajstić information content (AvgIpc) is 2.68. The van der Waals surface area contributed by atoms with E-state index in [1.165, 1.54) is 15.2 Å². The molecule has 0 bridgehead atoms. The van der Waals surface area contributed by atoms with E-state index in [1.807, 2.05) is 6.07 Å². The lowest BCUT2D eigenvalue weighted by molar-refractivity contribution is -0.532. The van der Waals surface area contributed by atoms with E-state index in [0.717, 1.165) is 17.7 Å². The first-order valence-corrected chi connectivity index (χ1v) is 9.07. The lowest BCUT2D eigenvalue weighted by Gasteiger charge is -2.10. The van der Waals surface area contributed by atoms with Gasteiger partial charge in [-0.25, -0.2) is 18.6 Å². The summed E-state index contributed by atoms with van der Waals surface area (Å²) in [6, 6.07) is 11.5. The third kappa shape index (κ3) is 3.16. The Labute approximate surface area is 166 Å². The van der Waals surface area contributed by atoms with Gasteiger partial charge < -0.3 is 5.11 Å². The first-order valence-electron chi connectivity index (χ1n) is 8.27. The lowest BCUT2D eigenvalue weighted by atomic mass is 10.1. The van der Waals surface area contributed by atoms with Gasteiger partial charge in [0.1, 0.15) is 22.8 Å². The Morgan fingerprint density at radius 1 is 1.14 bits per heavy atom. The molecule has 0 saturated heterocycles. The van der Waals surface area contributed by atoms with Gasteiger partial charge in [0.25, 0.3) is 11.5 Å². The van der Waals surface area contributed by atoms with Crippen LogP contribution in [0.4, 0.5) is 8.78 Å². The van der Waals surface area contributed by atoms with E-state index in [0.29, 0.717) is 16.3 Å². The number of benzene rings is 1. The van der Waals surface area contributed by atoms with E-state index in [4.69, 9.17) is 0 Å². The molecule has 5 nitrogen and oxygen atoms in total. The van der Waals surface area contributed by atoms with Crippen LogP contribution in [0.2, 0.25) is 0 Å². The van der Waals surface area contributed by atoms with Gasteiger partial charge in [0.15, 0.2) is 5.56 Å². The minimum atomic E-state index is -0.930. The Morgan fingerprint density at radius 2 is 1.96 bits per heavy atom. The Kier molecular flexibility index (Phi) is 4.64. The molecule has 0 radical (unpaired) electrons. The molecule has 3 heterocycles. The van der Waals surface area contributed by atoms with Gasteiger partial charge in [-0.05, 0) is 40.2 Å². The van der Waals surface area contributed by atoms with Crippen LogP contribution in [0.3, 0.4) is 0 Å². The molecule has 0 aliphatic heterocycles. The number of halogens is 3. The summed E-state index contributed by atoms with van der Waals surface area (Å²) in [5, 5.41) is 10.9. The summed E-state index contributed by atoms with van der Waals surface area (Å²) in [7, 11) is 0. The van der Waals surface area contributed by atoms with Crippen molar-refractivity contribution in [1.29, 1.82) is 0 Å². The van der Waals surface area contributed by atoms with Gasteiger partial charge in [-0.1, -0.05) is 12.1 Å². The highest BCUT2D eigenvalue weighted by atomic mass is 79.9. The van der Waals surface area contributed by atoms with E-state index in [2.05, 4.69) is 20.9 Å². The van der Waals surface area contributed by atoms with Crippen LogP contribution in [-0.2, 0) is 6.54 Å². The Hall–Kier alpha value is -3.13. The van der Waals surface area contributed by atoms with Gasteiger partial charge in [-0.15, -0.1) is 0 Å². The second-order valence-electron chi connectivity index (χ2n) is 6.13. The van der Waals surface area contributed by atoms with Crippen LogP contribution < -0.4 is 9.96 Å².